The molecule has 0 radical (unpaired) electrons. The van der Waals surface area contributed by atoms with Gasteiger partial charge in [0.15, 0.2) is 11.5 Å². The van der Waals surface area contributed by atoms with Crippen molar-refractivity contribution in [1.82, 2.24) is 10.2 Å². The van der Waals surface area contributed by atoms with Crippen molar-refractivity contribution in [3.63, 3.8) is 0 Å². The monoisotopic (exact) mass is 262 g/mol. The Labute approximate surface area is 112 Å². The lowest BCUT2D eigenvalue weighted by atomic mass is 9.89. The molecular formula is C14H18N2O3. The Balaban J connectivity index is 2.14. The summed E-state index contributed by atoms with van der Waals surface area (Å²) in [6.07, 6.45) is 0.917. The number of carbonyl (C=O) groups excluding carboxylic acids is 1. The molecular weight excluding hydrogens is 244 g/mol. The molecule has 0 spiro atoms. The fraction of sp³-hybridized carbons (Fsp3) is 0.500. The summed E-state index contributed by atoms with van der Waals surface area (Å²) in [5.74, 6) is 1.51. The number of fused-ring (bicyclic) bond motifs is 3. The highest BCUT2D eigenvalue weighted by atomic mass is 16.5. The minimum atomic E-state index is -0.426. The van der Waals surface area contributed by atoms with Crippen LogP contribution in [0.1, 0.15) is 18.1 Å². The quantitative estimate of drug-likeness (QED) is 0.859. The van der Waals surface area contributed by atoms with Crippen LogP contribution in [0.5, 0.6) is 11.5 Å². The van der Waals surface area contributed by atoms with E-state index in [2.05, 4.69) is 10.2 Å². The van der Waals surface area contributed by atoms with Crippen molar-refractivity contribution in [2.75, 3.05) is 27.3 Å². The van der Waals surface area contributed by atoms with E-state index in [-0.39, 0.29) is 5.91 Å². The number of methoxy groups -OCH3 is 2. The highest BCUT2D eigenvalue weighted by Crippen LogP contribution is 2.41. The lowest BCUT2D eigenvalue weighted by molar-refractivity contribution is -0.118. The lowest BCUT2D eigenvalue weighted by Crippen LogP contribution is -2.50. The Morgan fingerprint density at radius 1 is 1.26 bits per heavy atom. The molecule has 2 heterocycles. The van der Waals surface area contributed by atoms with Crippen molar-refractivity contribution in [3.8, 4) is 11.5 Å². The summed E-state index contributed by atoms with van der Waals surface area (Å²) in [5, 5.41) is 3.07. The first-order valence-corrected chi connectivity index (χ1v) is 6.40. The van der Waals surface area contributed by atoms with Crippen LogP contribution in [0, 0.1) is 0 Å². The van der Waals surface area contributed by atoms with Crippen LogP contribution in [0.2, 0.25) is 0 Å². The number of nitrogens with one attached hydrogen (secondary N) is 1. The second-order valence-corrected chi connectivity index (χ2v) is 5.16. The Hall–Kier alpha value is -1.75. The molecule has 1 N–H and O–H groups in total. The molecule has 5 nitrogen and oxygen atoms in total. The van der Waals surface area contributed by atoms with Gasteiger partial charge >= 0.3 is 0 Å². The molecule has 1 amide bonds. The summed E-state index contributed by atoms with van der Waals surface area (Å²) in [6, 6.07) is 3.99. The summed E-state index contributed by atoms with van der Waals surface area (Å²) in [5.41, 5.74) is 1.88. The maximum Gasteiger partial charge on any atom is 0.235 e. The zero-order valence-electron chi connectivity index (χ0n) is 11.4. The molecule has 1 unspecified atom stereocenters. The molecule has 1 aromatic rings. The molecule has 3 rings (SSSR count). The molecule has 0 saturated carbocycles. The highest BCUT2D eigenvalue weighted by Gasteiger charge is 2.45. The second-order valence-electron chi connectivity index (χ2n) is 5.16. The Morgan fingerprint density at radius 3 is 2.63 bits per heavy atom. The largest absolute Gasteiger partial charge is 0.493 e. The first-order chi connectivity index (χ1) is 9.08. The molecule has 2 aliphatic rings. The number of nitrogens with zero attached hydrogens (tertiary/aromatic N) is 1. The Kier molecular flexibility index (Phi) is 2.67. The molecule has 1 aromatic carbocycles. The molecule has 0 aliphatic carbocycles. The summed E-state index contributed by atoms with van der Waals surface area (Å²) in [7, 11) is 3.26. The van der Waals surface area contributed by atoms with Crippen molar-refractivity contribution in [3.05, 3.63) is 23.3 Å². The molecule has 5 heteroatoms. The van der Waals surface area contributed by atoms with Crippen LogP contribution >= 0.6 is 0 Å². The van der Waals surface area contributed by atoms with E-state index in [1.807, 2.05) is 19.1 Å². The van der Waals surface area contributed by atoms with E-state index < -0.39 is 5.66 Å². The van der Waals surface area contributed by atoms with E-state index in [0.717, 1.165) is 24.3 Å². The van der Waals surface area contributed by atoms with E-state index in [4.69, 9.17) is 9.47 Å². The fourth-order valence-electron chi connectivity index (χ4n) is 3.10. The number of ether oxygens (including phenoxy) is 2. The fourth-order valence-corrected chi connectivity index (χ4v) is 3.10. The Bertz CT molecular complexity index is 544. The third kappa shape index (κ3) is 1.69. The van der Waals surface area contributed by atoms with Gasteiger partial charge in [0.05, 0.1) is 20.8 Å². The van der Waals surface area contributed by atoms with Crippen molar-refractivity contribution in [1.29, 1.82) is 0 Å². The molecule has 0 aromatic heterocycles. The van der Waals surface area contributed by atoms with Crippen molar-refractivity contribution in [2.24, 2.45) is 0 Å². The number of hydrogen-bond donors (Lipinski definition) is 1. The van der Waals surface area contributed by atoms with E-state index in [9.17, 15) is 4.79 Å². The van der Waals surface area contributed by atoms with Crippen LogP contribution in [-0.2, 0) is 16.9 Å². The number of carbonyl (C=O) groups is 1. The van der Waals surface area contributed by atoms with Gasteiger partial charge in [-0.1, -0.05) is 0 Å². The number of rotatable bonds is 2. The van der Waals surface area contributed by atoms with Crippen molar-refractivity contribution < 1.29 is 14.3 Å². The Morgan fingerprint density at radius 2 is 1.95 bits per heavy atom. The van der Waals surface area contributed by atoms with Gasteiger partial charge in [-0.15, -0.1) is 0 Å². The summed E-state index contributed by atoms with van der Waals surface area (Å²) < 4.78 is 10.7. The van der Waals surface area contributed by atoms with Gasteiger partial charge in [0.1, 0.15) is 5.66 Å². The first-order valence-electron chi connectivity index (χ1n) is 6.40. The molecule has 1 saturated heterocycles. The van der Waals surface area contributed by atoms with Crippen LogP contribution in [-0.4, -0.2) is 38.1 Å². The minimum Gasteiger partial charge on any atom is -0.493 e. The van der Waals surface area contributed by atoms with Gasteiger partial charge in [0, 0.05) is 6.54 Å². The van der Waals surface area contributed by atoms with E-state index in [1.54, 1.807) is 14.2 Å². The maximum atomic E-state index is 11.7. The van der Waals surface area contributed by atoms with E-state index in [1.165, 1.54) is 5.56 Å². The van der Waals surface area contributed by atoms with Crippen LogP contribution in [0.3, 0.4) is 0 Å². The average Bonchev–Trinajstić information content (AvgIpc) is 2.71. The molecule has 102 valence electrons. The van der Waals surface area contributed by atoms with Gasteiger partial charge in [-0.05, 0) is 36.6 Å². The third-order valence-electron chi connectivity index (χ3n) is 4.13. The molecule has 2 aliphatic heterocycles. The predicted octanol–water partition coefficient (Wildman–Crippen LogP) is 0.864. The zero-order chi connectivity index (χ0) is 13.6. The van der Waals surface area contributed by atoms with Crippen LogP contribution in [0.4, 0.5) is 0 Å². The second kappa shape index (κ2) is 4.13. The third-order valence-corrected chi connectivity index (χ3v) is 4.13. The van der Waals surface area contributed by atoms with Gasteiger partial charge in [0.25, 0.3) is 0 Å². The van der Waals surface area contributed by atoms with Crippen LogP contribution in [0.25, 0.3) is 0 Å². The smallest absolute Gasteiger partial charge is 0.235 e. The minimum absolute atomic E-state index is 0.0742. The molecule has 1 atom stereocenters. The summed E-state index contributed by atoms with van der Waals surface area (Å²) in [6.45, 7) is 3.38. The van der Waals surface area contributed by atoms with Crippen molar-refractivity contribution in [2.45, 2.75) is 19.0 Å². The van der Waals surface area contributed by atoms with Gasteiger partial charge in [-0.2, -0.15) is 0 Å². The normalized spacial score (nSPS) is 25.5. The first kappa shape index (κ1) is 12.3. The maximum absolute atomic E-state index is 11.7. The number of benzene rings is 1. The number of amides is 1. The van der Waals surface area contributed by atoms with E-state index >= 15 is 0 Å². The number of hydrogen-bond acceptors (Lipinski definition) is 4. The molecule has 19 heavy (non-hydrogen) atoms. The van der Waals surface area contributed by atoms with Crippen LogP contribution in [0.15, 0.2) is 12.1 Å². The standard InChI is InChI=1S/C14H18N2O3/c1-14-10-7-12(19-3)11(18-2)6-9(10)4-5-16(14)8-13(17)15-14/h6-7H,4-5,8H2,1-3H3,(H,15,17). The topological polar surface area (TPSA) is 50.8 Å². The van der Waals surface area contributed by atoms with E-state index in [0.29, 0.717) is 12.3 Å². The average molecular weight is 262 g/mol. The van der Waals surface area contributed by atoms with Gasteiger partial charge in [-0.25, -0.2) is 0 Å². The lowest BCUT2D eigenvalue weighted by Gasteiger charge is -2.40. The van der Waals surface area contributed by atoms with Gasteiger partial charge < -0.3 is 14.8 Å². The van der Waals surface area contributed by atoms with Crippen LogP contribution < -0.4 is 14.8 Å². The van der Waals surface area contributed by atoms with Gasteiger partial charge in [0.2, 0.25) is 5.91 Å². The molecule has 0 bridgehead atoms. The van der Waals surface area contributed by atoms with Gasteiger partial charge in [-0.3, -0.25) is 9.69 Å². The predicted molar refractivity (Wildman–Crippen MR) is 70.3 cm³/mol. The molecule has 1 fully saturated rings. The summed E-state index contributed by atoms with van der Waals surface area (Å²) in [4.78, 5) is 13.9. The van der Waals surface area contributed by atoms with Crippen molar-refractivity contribution >= 4 is 5.91 Å². The zero-order valence-corrected chi connectivity index (χ0v) is 11.4. The highest BCUT2D eigenvalue weighted by molar-refractivity contribution is 5.82. The SMILES string of the molecule is COc1cc2c(cc1OC)C1(C)NC(=O)CN1CC2. The summed E-state index contributed by atoms with van der Waals surface area (Å²) >= 11 is 0.